The van der Waals surface area contributed by atoms with Gasteiger partial charge in [-0.2, -0.15) is 0 Å². The second kappa shape index (κ2) is 6.04. The van der Waals surface area contributed by atoms with E-state index in [1.807, 2.05) is 0 Å². The number of carbonyl (C=O) groups excluding carboxylic acids is 1. The molecule has 0 rings (SSSR count). The highest BCUT2D eigenvalue weighted by Gasteiger charge is 2.12. The van der Waals surface area contributed by atoms with Gasteiger partial charge < -0.3 is 4.74 Å². The zero-order valence-corrected chi connectivity index (χ0v) is 8.46. The summed E-state index contributed by atoms with van der Waals surface area (Å²) in [6, 6.07) is 0. The quantitative estimate of drug-likeness (QED) is 0.613. The van der Waals surface area contributed by atoms with Gasteiger partial charge in [0.2, 0.25) is 0 Å². The van der Waals surface area contributed by atoms with E-state index in [-0.39, 0.29) is 0 Å². The topological polar surface area (TPSA) is 26.3 Å². The fourth-order valence-electron chi connectivity index (χ4n) is 1.15. The van der Waals surface area contributed by atoms with Crippen LogP contribution in [0, 0.1) is 17.8 Å². The van der Waals surface area contributed by atoms with Crippen LogP contribution in [0.4, 0.5) is 0 Å². The van der Waals surface area contributed by atoms with Gasteiger partial charge in [0, 0.05) is 0 Å². The Morgan fingerprint density at radius 3 is 2.25 bits per heavy atom. The van der Waals surface area contributed by atoms with Crippen molar-refractivity contribution in [2.24, 2.45) is 17.8 Å². The molecule has 2 heteroatoms. The smallest absolute Gasteiger partial charge is 0.417 e. The molecule has 0 aliphatic heterocycles. The van der Waals surface area contributed by atoms with Crippen LogP contribution < -0.4 is 0 Å². The van der Waals surface area contributed by atoms with Gasteiger partial charge in [0.1, 0.15) is 0 Å². The van der Waals surface area contributed by atoms with E-state index >= 15 is 0 Å². The second-order valence-corrected chi connectivity index (χ2v) is 3.96. The van der Waals surface area contributed by atoms with Crippen LogP contribution in [0.2, 0.25) is 0 Å². The predicted octanol–water partition coefficient (Wildman–Crippen LogP) is 2.39. The van der Waals surface area contributed by atoms with Crippen molar-refractivity contribution < 1.29 is 9.53 Å². The summed E-state index contributed by atoms with van der Waals surface area (Å²) in [6.45, 7) is 10.7. The van der Waals surface area contributed by atoms with E-state index in [2.05, 4.69) is 32.4 Å². The van der Waals surface area contributed by atoms with Crippen LogP contribution in [-0.4, -0.2) is 13.1 Å². The van der Waals surface area contributed by atoms with Gasteiger partial charge in [-0.25, -0.2) is 4.79 Å². The molecule has 0 aromatic heterocycles. The Kier molecular flexibility index (Phi) is 5.77. The van der Waals surface area contributed by atoms with Gasteiger partial charge in [-0.3, -0.25) is 0 Å². The van der Waals surface area contributed by atoms with E-state index in [0.717, 1.165) is 6.42 Å². The summed E-state index contributed by atoms with van der Waals surface area (Å²) < 4.78 is 4.57. The minimum absolute atomic E-state index is 0.448. The van der Waals surface area contributed by atoms with Crippen LogP contribution in [0.3, 0.4) is 0 Å². The van der Waals surface area contributed by atoms with Crippen LogP contribution in [0.5, 0.6) is 0 Å². The van der Waals surface area contributed by atoms with Crippen molar-refractivity contribution in [1.29, 1.82) is 0 Å². The first kappa shape index (κ1) is 11.5. The monoisotopic (exact) mass is 171 g/mol. The molecular weight excluding hydrogens is 152 g/mol. The van der Waals surface area contributed by atoms with E-state index < -0.39 is 0 Å². The molecule has 0 N–H and O–H groups in total. The number of ether oxygens (including phenoxy) is 1. The van der Waals surface area contributed by atoms with E-state index in [1.54, 1.807) is 0 Å². The third-order valence-corrected chi connectivity index (χ3v) is 2.34. The van der Waals surface area contributed by atoms with Gasteiger partial charge in [0.25, 0.3) is 0 Å². The van der Waals surface area contributed by atoms with E-state index in [9.17, 15) is 4.79 Å². The minimum Gasteiger partial charge on any atom is -0.457 e. The zero-order chi connectivity index (χ0) is 9.56. The van der Waals surface area contributed by atoms with E-state index in [0.29, 0.717) is 24.4 Å². The van der Waals surface area contributed by atoms with Crippen molar-refractivity contribution in [2.75, 3.05) is 6.61 Å². The molecular formula is C10H19O2. The summed E-state index contributed by atoms with van der Waals surface area (Å²) in [7, 11) is 0. The maximum Gasteiger partial charge on any atom is 0.417 e. The lowest BCUT2D eigenvalue weighted by atomic mass is 9.89. The van der Waals surface area contributed by atoms with Gasteiger partial charge >= 0.3 is 6.47 Å². The summed E-state index contributed by atoms with van der Waals surface area (Å²) in [4.78, 5) is 9.78. The maximum absolute atomic E-state index is 9.78. The molecule has 2 atom stereocenters. The Morgan fingerprint density at radius 2 is 1.83 bits per heavy atom. The molecule has 0 heterocycles. The van der Waals surface area contributed by atoms with Gasteiger partial charge in [0.05, 0.1) is 6.61 Å². The molecule has 0 aromatic rings. The normalized spacial score (nSPS) is 15.8. The first-order valence-electron chi connectivity index (χ1n) is 4.56. The summed E-state index contributed by atoms with van der Waals surface area (Å²) in [5.74, 6) is 1.84. The first-order chi connectivity index (χ1) is 5.57. The number of hydrogen-bond acceptors (Lipinski definition) is 2. The van der Waals surface area contributed by atoms with Crippen LogP contribution >= 0.6 is 0 Å². The lowest BCUT2D eigenvalue weighted by molar-refractivity contribution is 0.201. The second-order valence-electron chi connectivity index (χ2n) is 3.96. The summed E-state index contributed by atoms with van der Waals surface area (Å²) in [6.07, 6.45) is 1.11. The molecule has 0 aliphatic rings. The molecule has 71 valence electrons. The third kappa shape index (κ3) is 5.16. The Morgan fingerprint density at radius 1 is 1.25 bits per heavy atom. The predicted molar refractivity (Wildman–Crippen MR) is 49.4 cm³/mol. The highest BCUT2D eigenvalue weighted by molar-refractivity contribution is 5.38. The molecule has 0 bridgehead atoms. The van der Waals surface area contributed by atoms with Gasteiger partial charge in [-0.05, 0) is 24.2 Å². The lowest BCUT2D eigenvalue weighted by Gasteiger charge is -2.19. The molecule has 1 radical (unpaired) electrons. The van der Waals surface area contributed by atoms with Gasteiger partial charge in [0.15, 0.2) is 0 Å². The van der Waals surface area contributed by atoms with Crippen LogP contribution in [-0.2, 0) is 9.53 Å². The molecule has 0 spiro atoms. The Labute approximate surface area is 75.3 Å². The van der Waals surface area contributed by atoms with Crippen LogP contribution in [0.25, 0.3) is 0 Å². The Hall–Kier alpha value is -0.530. The fraction of sp³-hybridized carbons (Fsp3) is 0.900. The van der Waals surface area contributed by atoms with Gasteiger partial charge in [-0.1, -0.05) is 27.7 Å². The summed E-state index contributed by atoms with van der Waals surface area (Å²) in [5.41, 5.74) is 0. The largest absolute Gasteiger partial charge is 0.457 e. The Bertz CT molecular complexity index is 121. The lowest BCUT2D eigenvalue weighted by Crippen LogP contribution is -2.13. The van der Waals surface area contributed by atoms with Crippen LogP contribution in [0.1, 0.15) is 34.1 Å². The number of rotatable bonds is 6. The Balaban J connectivity index is 3.53. The molecule has 12 heavy (non-hydrogen) atoms. The third-order valence-electron chi connectivity index (χ3n) is 2.34. The van der Waals surface area contributed by atoms with Crippen molar-refractivity contribution in [2.45, 2.75) is 34.1 Å². The SMILES string of the molecule is CC(CO[C]=O)CC(C)C(C)C. The fourth-order valence-corrected chi connectivity index (χ4v) is 1.15. The molecule has 0 fully saturated rings. The molecule has 0 saturated carbocycles. The first-order valence-corrected chi connectivity index (χ1v) is 4.56. The van der Waals surface area contributed by atoms with Crippen molar-refractivity contribution >= 4 is 6.47 Å². The van der Waals surface area contributed by atoms with Gasteiger partial charge in [-0.15, -0.1) is 0 Å². The summed E-state index contributed by atoms with van der Waals surface area (Å²) in [5, 5.41) is 0. The standard InChI is InChI=1S/C10H19O2/c1-8(2)10(4)5-9(3)6-12-7-11/h8-10H,5-6H2,1-4H3. The maximum atomic E-state index is 9.78. The highest BCUT2D eigenvalue weighted by atomic mass is 16.5. The highest BCUT2D eigenvalue weighted by Crippen LogP contribution is 2.19. The van der Waals surface area contributed by atoms with E-state index in [4.69, 9.17) is 0 Å². The minimum atomic E-state index is 0.448. The summed E-state index contributed by atoms with van der Waals surface area (Å²) >= 11 is 0. The molecule has 2 unspecified atom stereocenters. The van der Waals surface area contributed by atoms with Crippen molar-refractivity contribution in [3.63, 3.8) is 0 Å². The zero-order valence-electron chi connectivity index (χ0n) is 8.46. The molecule has 0 amide bonds. The number of hydrogen-bond donors (Lipinski definition) is 0. The average Bonchev–Trinajstić information content (AvgIpc) is 2.00. The van der Waals surface area contributed by atoms with E-state index in [1.165, 1.54) is 6.47 Å². The van der Waals surface area contributed by atoms with Crippen LogP contribution in [0.15, 0.2) is 0 Å². The molecule has 2 nitrogen and oxygen atoms in total. The average molecular weight is 171 g/mol. The van der Waals surface area contributed by atoms with Crippen molar-refractivity contribution in [1.82, 2.24) is 0 Å². The molecule has 0 aromatic carbocycles. The molecule has 0 aliphatic carbocycles. The molecule has 0 saturated heterocycles. The van der Waals surface area contributed by atoms with Crippen molar-refractivity contribution in [3.05, 3.63) is 0 Å². The van der Waals surface area contributed by atoms with Crippen molar-refractivity contribution in [3.8, 4) is 0 Å².